The molecule has 24 heavy (non-hydrogen) atoms. The Bertz CT molecular complexity index is 721. The van der Waals surface area contributed by atoms with Gasteiger partial charge < -0.3 is 14.8 Å². The Morgan fingerprint density at radius 1 is 1.17 bits per heavy atom. The van der Waals surface area contributed by atoms with Crippen molar-refractivity contribution in [3.8, 4) is 0 Å². The number of nitrogens with zero attached hydrogens (tertiary/aromatic N) is 2. The maximum atomic E-state index is 13.0. The largest absolute Gasteiger partial charge is 0.355 e. The van der Waals surface area contributed by atoms with Gasteiger partial charge in [0.05, 0.1) is 16.7 Å². The number of nitrogens with one attached hydrogen (secondary N) is 1. The summed E-state index contributed by atoms with van der Waals surface area (Å²) in [4.78, 5) is 43.9. The second-order valence-electron chi connectivity index (χ2n) is 7.27. The second kappa shape index (κ2) is 5.76. The molecule has 1 unspecified atom stereocenters. The van der Waals surface area contributed by atoms with Crippen molar-refractivity contribution in [3.05, 3.63) is 22.5 Å². The summed E-state index contributed by atoms with van der Waals surface area (Å²) in [5.74, 6) is 0.0132. The molecule has 6 nitrogen and oxygen atoms in total. The molecule has 3 heterocycles. The first-order chi connectivity index (χ1) is 11.3. The van der Waals surface area contributed by atoms with E-state index < -0.39 is 5.41 Å². The van der Waals surface area contributed by atoms with Crippen LogP contribution in [0.2, 0.25) is 0 Å². The minimum Gasteiger partial charge on any atom is -0.355 e. The molecule has 0 saturated carbocycles. The molecular formula is C18H25N3O3. The third kappa shape index (κ3) is 2.44. The molecule has 3 rings (SSSR count). The Labute approximate surface area is 142 Å². The molecule has 0 radical (unpaired) electrons. The molecule has 6 heteroatoms. The molecule has 1 aromatic rings. The zero-order chi connectivity index (χ0) is 17.6. The number of Topliss-reactive ketones (excluding diaryl/α,β-unsaturated/α-hetero) is 1. The fourth-order valence-corrected chi connectivity index (χ4v) is 4.27. The Hall–Kier alpha value is -2.11. The first kappa shape index (κ1) is 16.7. The van der Waals surface area contributed by atoms with Crippen LogP contribution in [0.1, 0.15) is 58.3 Å². The van der Waals surface area contributed by atoms with Crippen molar-refractivity contribution in [2.45, 2.75) is 40.0 Å². The molecule has 0 aromatic carbocycles. The standard InChI is InChI=1S/C18H25N3O3/c1-11-14(12(2)19-15(11)13(3)22)16(23)21-9-7-18(10-21)6-5-8-20(4)17(18)24/h19H,5-10H2,1-4H3. The van der Waals surface area contributed by atoms with E-state index in [0.717, 1.165) is 31.5 Å². The number of piperidine rings is 1. The fourth-order valence-electron chi connectivity index (χ4n) is 4.27. The van der Waals surface area contributed by atoms with Crippen molar-refractivity contribution in [3.63, 3.8) is 0 Å². The van der Waals surface area contributed by atoms with Crippen LogP contribution < -0.4 is 0 Å². The van der Waals surface area contributed by atoms with E-state index in [2.05, 4.69) is 4.98 Å². The lowest BCUT2D eigenvalue weighted by atomic mass is 9.78. The highest BCUT2D eigenvalue weighted by Gasteiger charge is 2.49. The zero-order valence-corrected chi connectivity index (χ0v) is 14.9. The van der Waals surface area contributed by atoms with Crippen LogP contribution in [0.25, 0.3) is 0 Å². The van der Waals surface area contributed by atoms with E-state index in [-0.39, 0.29) is 17.6 Å². The van der Waals surface area contributed by atoms with Crippen LogP contribution in [-0.2, 0) is 4.79 Å². The summed E-state index contributed by atoms with van der Waals surface area (Å²) in [5.41, 5.74) is 2.09. The normalized spacial score (nSPS) is 24.1. The van der Waals surface area contributed by atoms with Crippen LogP contribution in [0, 0.1) is 19.3 Å². The summed E-state index contributed by atoms with van der Waals surface area (Å²) >= 11 is 0. The summed E-state index contributed by atoms with van der Waals surface area (Å²) in [7, 11) is 1.84. The van der Waals surface area contributed by atoms with Gasteiger partial charge >= 0.3 is 0 Å². The van der Waals surface area contributed by atoms with Crippen molar-refractivity contribution < 1.29 is 14.4 Å². The molecule has 130 valence electrons. The Kier molecular flexibility index (Phi) is 4.01. The number of amides is 2. The Morgan fingerprint density at radius 2 is 1.88 bits per heavy atom. The Morgan fingerprint density at radius 3 is 2.50 bits per heavy atom. The average Bonchev–Trinajstić information content (AvgIpc) is 3.07. The predicted molar refractivity (Wildman–Crippen MR) is 90.1 cm³/mol. The van der Waals surface area contributed by atoms with Crippen molar-refractivity contribution in [1.82, 2.24) is 14.8 Å². The Balaban J connectivity index is 1.86. The number of aromatic amines is 1. The fraction of sp³-hybridized carbons (Fsp3) is 0.611. The van der Waals surface area contributed by atoms with E-state index in [4.69, 9.17) is 0 Å². The smallest absolute Gasteiger partial charge is 0.255 e. The van der Waals surface area contributed by atoms with Gasteiger partial charge in [0.15, 0.2) is 5.78 Å². The van der Waals surface area contributed by atoms with E-state index >= 15 is 0 Å². The third-order valence-corrected chi connectivity index (χ3v) is 5.59. The predicted octanol–water partition coefficient (Wildman–Crippen LogP) is 1.92. The van der Waals surface area contributed by atoms with Crippen molar-refractivity contribution in [2.24, 2.45) is 5.41 Å². The van der Waals surface area contributed by atoms with E-state index in [1.165, 1.54) is 6.92 Å². The van der Waals surface area contributed by atoms with E-state index in [0.29, 0.717) is 29.9 Å². The van der Waals surface area contributed by atoms with Gasteiger partial charge in [-0.15, -0.1) is 0 Å². The molecule has 0 aliphatic carbocycles. The van der Waals surface area contributed by atoms with Crippen LogP contribution in [-0.4, -0.2) is 59.1 Å². The number of hydrogen-bond acceptors (Lipinski definition) is 3. The minimum atomic E-state index is -0.413. The molecule has 2 aliphatic heterocycles. The van der Waals surface area contributed by atoms with Gasteiger partial charge in [0.2, 0.25) is 5.91 Å². The van der Waals surface area contributed by atoms with Crippen molar-refractivity contribution >= 4 is 17.6 Å². The molecule has 1 N–H and O–H groups in total. The van der Waals surface area contributed by atoms with Gasteiger partial charge in [-0.05, 0) is 38.7 Å². The summed E-state index contributed by atoms with van der Waals surface area (Å²) in [5, 5.41) is 0. The second-order valence-corrected chi connectivity index (χ2v) is 7.27. The first-order valence-electron chi connectivity index (χ1n) is 8.52. The highest BCUT2D eigenvalue weighted by atomic mass is 16.2. The maximum absolute atomic E-state index is 13.0. The molecule has 0 bridgehead atoms. The number of H-pyrrole nitrogens is 1. The summed E-state index contributed by atoms with van der Waals surface area (Å²) in [6, 6.07) is 0. The molecule has 2 aliphatic rings. The number of rotatable bonds is 2. The van der Waals surface area contributed by atoms with Gasteiger partial charge in [-0.1, -0.05) is 0 Å². The molecular weight excluding hydrogens is 306 g/mol. The van der Waals surface area contributed by atoms with Crippen LogP contribution >= 0.6 is 0 Å². The quantitative estimate of drug-likeness (QED) is 0.842. The number of likely N-dealkylation sites (tertiary alicyclic amines) is 2. The van der Waals surface area contributed by atoms with E-state index in [1.54, 1.807) is 16.7 Å². The molecule has 2 amide bonds. The number of carbonyl (C=O) groups excluding carboxylic acids is 3. The molecule has 2 saturated heterocycles. The van der Waals surface area contributed by atoms with Crippen LogP contribution in [0.5, 0.6) is 0 Å². The number of ketones is 1. The minimum absolute atomic E-state index is 0.0726. The van der Waals surface area contributed by atoms with Crippen LogP contribution in [0.3, 0.4) is 0 Å². The van der Waals surface area contributed by atoms with Gasteiger partial charge in [0.1, 0.15) is 0 Å². The highest BCUT2D eigenvalue weighted by molar-refractivity contribution is 6.03. The average molecular weight is 331 g/mol. The lowest BCUT2D eigenvalue weighted by Gasteiger charge is -2.37. The zero-order valence-electron chi connectivity index (χ0n) is 14.9. The third-order valence-electron chi connectivity index (χ3n) is 5.59. The molecule has 1 spiro atoms. The SMILES string of the molecule is CC(=O)c1[nH]c(C)c(C(=O)N2CCC3(CCCN(C)C3=O)C2)c1C. The van der Waals surface area contributed by atoms with Gasteiger partial charge in [-0.25, -0.2) is 0 Å². The lowest BCUT2D eigenvalue weighted by Crippen LogP contribution is -2.48. The van der Waals surface area contributed by atoms with Gasteiger partial charge in [0, 0.05) is 39.3 Å². The van der Waals surface area contributed by atoms with Gasteiger partial charge in [-0.2, -0.15) is 0 Å². The summed E-state index contributed by atoms with van der Waals surface area (Å²) in [6.07, 6.45) is 2.56. The number of carbonyl (C=O) groups is 3. The van der Waals surface area contributed by atoms with Crippen LogP contribution in [0.4, 0.5) is 0 Å². The number of aromatic nitrogens is 1. The summed E-state index contributed by atoms with van der Waals surface area (Å²) < 4.78 is 0. The van der Waals surface area contributed by atoms with Crippen molar-refractivity contribution in [2.75, 3.05) is 26.7 Å². The van der Waals surface area contributed by atoms with Gasteiger partial charge in [-0.3, -0.25) is 14.4 Å². The van der Waals surface area contributed by atoms with Crippen molar-refractivity contribution in [1.29, 1.82) is 0 Å². The maximum Gasteiger partial charge on any atom is 0.255 e. The summed E-state index contributed by atoms with van der Waals surface area (Å²) in [6.45, 7) is 6.99. The lowest BCUT2D eigenvalue weighted by molar-refractivity contribution is -0.143. The monoisotopic (exact) mass is 331 g/mol. The van der Waals surface area contributed by atoms with Crippen LogP contribution in [0.15, 0.2) is 0 Å². The topological polar surface area (TPSA) is 73.5 Å². The number of aryl methyl sites for hydroxylation is 1. The molecule has 2 fully saturated rings. The number of hydrogen-bond donors (Lipinski definition) is 1. The van der Waals surface area contributed by atoms with Gasteiger partial charge in [0.25, 0.3) is 5.91 Å². The highest BCUT2D eigenvalue weighted by Crippen LogP contribution is 2.40. The molecule has 1 atom stereocenters. The van der Waals surface area contributed by atoms with E-state index in [1.807, 2.05) is 14.0 Å². The van der Waals surface area contributed by atoms with E-state index in [9.17, 15) is 14.4 Å². The molecule has 1 aromatic heterocycles. The first-order valence-corrected chi connectivity index (χ1v) is 8.52.